The molecule has 0 saturated heterocycles. The second kappa shape index (κ2) is 10.0. The monoisotopic (exact) mass is 385 g/mol. The minimum atomic E-state index is -0.593. The molecule has 0 aliphatic rings. The first-order valence-electron chi connectivity index (χ1n) is 8.91. The molecule has 0 radical (unpaired) electrons. The average molecular weight is 386 g/mol. The van der Waals surface area contributed by atoms with E-state index in [1.54, 1.807) is 35.8 Å². The summed E-state index contributed by atoms with van der Waals surface area (Å²) in [7, 11) is 1.76. The minimum Gasteiger partial charge on any atom is -0.340 e. The van der Waals surface area contributed by atoms with Gasteiger partial charge in [-0.15, -0.1) is 11.8 Å². The Kier molecular flexibility index (Phi) is 7.73. The van der Waals surface area contributed by atoms with Gasteiger partial charge in [0, 0.05) is 24.2 Å². The Bertz CT molecular complexity index is 748. The number of hydrogen-bond donors (Lipinski definition) is 2. The van der Waals surface area contributed by atoms with Gasteiger partial charge < -0.3 is 15.5 Å². The van der Waals surface area contributed by atoms with E-state index in [-0.39, 0.29) is 17.9 Å². The number of amides is 3. The van der Waals surface area contributed by atoms with Gasteiger partial charge in [0.15, 0.2) is 0 Å². The van der Waals surface area contributed by atoms with Crippen LogP contribution in [0.1, 0.15) is 19.4 Å². The lowest BCUT2D eigenvalue weighted by Gasteiger charge is -2.27. The lowest BCUT2D eigenvalue weighted by molar-refractivity contribution is -0.133. The molecular formula is C21H27N3O2S. The van der Waals surface area contributed by atoms with Crippen LogP contribution in [-0.4, -0.2) is 36.2 Å². The molecule has 1 unspecified atom stereocenters. The van der Waals surface area contributed by atoms with Crippen molar-refractivity contribution >= 4 is 29.4 Å². The van der Waals surface area contributed by atoms with Crippen LogP contribution in [0.5, 0.6) is 0 Å². The fourth-order valence-electron chi connectivity index (χ4n) is 2.66. The third-order valence-electron chi connectivity index (χ3n) is 4.21. The number of thioether (sulfide) groups is 1. The molecule has 0 bridgehead atoms. The highest BCUT2D eigenvalue weighted by Gasteiger charge is 2.27. The van der Waals surface area contributed by atoms with Gasteiger partial charge in [0.25, 0.3) is 0 Å². The summed E-state index contributed by atoms with van der Waals surface area (Å²) in [5.41, 5.74) is 1.74. The maximum Gasteiger partial charge on any atom is 0.319 e. The zero-order chi connectivity index (χ0) is 19.8. The van der Waals surface area contributed by atoms with Gasteiger partial charge in [0.05, 0.1) is 0 Å². The first-order chi connectivity index (χ1) is 12.9. The van der Waals surface area contributed by atoms with Crippen molar-refractivity contribution in [1.29, 1.82) is 0 Å². The van der Waals surface area contributed by atoms with E-state index in [4.69, 9.17) is 0 Å². The number of nitrogens with one attached hydrogen (secondary N) is 2. The van der Waals surface area contributed by atoms with Crippen molar-refractivity contribution in [2.75, 3.05) is 18.6 Å². The molecule has 1 atom stereocenters. The van der Waals surface area contributed by atoms with Gasteiger partial charge in [-0.1, -0.05) is 44.2 Å². The predicted molar refractivity (Wildman–Crippen MR) is 112 cm³/mol. The Morgan fingerprint density at radius 1 is 1.04 bits per heavy atom. The molecule has 27 heavy (non-hydrogen) atoms. The fourth-order valence-corrected chi connectivity index (χ4v) is 3.07. The molecule has 0 fully saturated rings. The van der Waals surface area contributed by atoms with Crippen LogP contribution in [-0.2, 0) is 11.3 Å². The number of anilines is 1. The van der Waals surface area contributed by atoms with Crippen molar-refractivity contribution < 1.29 is 9.59 Å². The molecule has 2 rings (SSSR count). The molecule has 2 aromatic rings. The number of nitrogens with zero attached hydrogens (tertiary/aromatic N) is 1. The minimum absolute atomic E-state index is 0.0275. The number of urea groups is 1. The molecule has 0 saturated carbocycles. The van der Waals surface area contributed by atoms with Gasteiger partial charge in [-0.3, -0.25) is 4.79 Å². The Labute approximate surface area is 165 Å². The van der Waals surface area contributed by atoms with E-state index >= 15 is 0 Å². The summed E-state index contributed by atoms with van der Waals surface area (Å²) in [5, 5.41) is 5.57. The highest BCUT2D eigenvalue weighted by molar-refractivity contribution is 7.98. The van der Waals surface area contributed by atoms with Gasteiger partial charge in [0.1, 0.15) is 6.04 Å². The Morgan fingerprint density at radius 2 is 1.67 bits per heavy atom. The molecule has 144 valence electrons. The summed E-state index contributed by atoms with van der Waals surface area (Å²) in [5.74, 6) is -0.137. The van der Waals surface area contributed by atoms with Crippen LogP contribution in [0.2, 0.25) is 0 Å². The first-order valence-corrected chi connectivity index (χ1v) is 10.1. The number of para-hydroxylation sites is 1. The van der Waals surface area contributed by atoms with E-state index in [1.807, 2.05) is 62.6 Å². The van der Waals surface area contributed by atoms with Crippen LogP contribution in [0.3, 0.4) is 0 Å². The zero-order valence-corrected chi connectivity index (χ0v) is 17.0. The molecule has 6 heteroatoms. The summed E-state index contributed by atoms with van der Waals surface area (Å²) < 4.78 is 0. The molecule has 5 nitrogen and oxygen atoms in total. The van der Waals surface area contributed by atoms with Gasteiger partial charge in [-0.2, -0.15) is 0 Å². The summed E-state index contributed by atoms with van der Waals surface area (Å²) in [6.07, 6.45) is 2.03. The number of carbonyl (C=O) groups excluding carboxylic acids is 2. The fraction of sp³-hybridized carbons (Fsp3) is 0.333. The van der Waals surface area contributed by atoms with Crippen LogP contribution in [0.4, 0.5) is 10.5 Å². The van der Waals surface area contributed by atoms with Crippen LogP contribution in [0, 0.1) is 5.92 Å². The maximum absolute atomic E-state index is 12.9. The molecular weight excluding hydrogens is 358 g/mol. The van der Waals surface area contributed by atoms with Gasteiger partial charge in [-0.05, 0) is 42.0 Å². The topological polar surface area (TPSA) is 61.4 Å². The predicted octanol–water partition coefficient (Wildman–Crippen LogP) is 4.21. The van der Waals surface area contributed by atoms with Crippen LogP contribution in [0.25, 0.3) is 0 Å². The smallest absolute Gasteiger partial charge is 0.319 e. The Balaban J connectivity index is 1.98. The molecule has 0 spiro atoms. The molecule has 0 heterocycles. The average Bonchev–Trinajstić information content (AvgIpc) is 2.66. The third kappa shape index (κ3) is 6.32. The third-order valence-corrected chi connectivity index (χ3v) is 4.95. The van der Waals surface area contributed by atoms with Crippen LogP contribution >= 0.6 is 11.8 Å². The number of likely N-dealkylation sites (N-methyl/N-ethyl adjacent to an activating group) is 1. The van der Waals surface area contributed by atoms with Crippen LogP contribution < -0.4 is 10.6 Å². The van der Waals surface area contributed by atoms with E-state index in [0.29, 0.717) is 12.2 Å². The van der Waals surface area contributed by atoms with Crippen molar-refractivity contribution in [2.45, 2.75) is 31.3 Å². The lowest BCUT2D eigenvalue weighted by atomic mass is 10.0. The second-order valence-electron chi connectivity index (χ2n) is 6.73. The second-order valence-corrected chi connectivity index (χ2v) is 7.61. The first kappa shape index (κ1) is 20.8. The Hall–Kier alpha value is -2.47. The molecule has 3 amide bonds. The molecule has 0 aliphatic heterocycles. The summed E-state index contributed by atoms with van der Waals surface area (Å²) >= 11 is 1.68. The van der Waals surface area contributed by atoms with Crippen molar-refractivity contribution in [2.24, 2.45) is 5.92 Å². The van der Waals surface area contributed by atoms with E-state index < -0.39 is 6.04 Å². The number of benzene rings is 2. The SMILES string of the molecule is CSc1ccc(CN(C)C(=O)C(NC(=O)Nc2ccccc2)C(C)C)cc1. The number of hydrogen-bond acceptors (Lipinski definition) is 3. The van der Waals surface area contributed by atoms with Crippen LogP contribution in [0.15, 0.2) is 59.5 Å². The molecule has 0 aromatic heterocycles. The summed E-state index contributed by atoms with van der Waals surface area (Å²) in [6.45, 7) is 4.34. The maximum atomic E-state index is 12.9. The quantitative estimate of drug-likeness (QED) is 0.702. The van der Waals surface area contributed by atoms with Crippen molar-refractivity contribution in [3.8, 4) is 0 Å². The highest BCUT2D eigenvalue weighted by Crippen LogP contribution is 2.16. The van der Waals surface area contributed by atoms with E-state index in [9.17, 15) is 9.59 Å². The molecule has 2 N–H and O–H groups in total. The lowest BCUT2D eigenvalue weighted by Crippen LogP contribution is -2.51. The Morgan fingerprint density at radius 3 is 2.22 bits per heavy atom. The summed E-state index contributed by atoms with van der Waals surface area (Å²) in [4.78, 5) is 28.0. The van der Waals surface area contributed by atoms with Gasteiger partial charge in [0.2, 0.25) is 5.91 Å². The van der Waals surface area contributed by atoms with Crippen molar-refractivity contribution in [3.63, 3.8) is 0 Å². The number of carbonyl (C=O) groups is 2. The molecule has 0 aliphatic carbocycles. The number of rotatable bonds is 7. The van der Waals surface area contributed by atoms with Gasteiger partial charge in [-0.25, -0.2) is 4.79 Å². The van der Waals surface area contributed by atoms with E-state index in [2.05, 4.69) is 10.6 Å². The van der Waals surface area contributed by atoms with Gasteiger partial charge >= 0.3 is 6.03 Å². The van der Waals surface area contributed by atoms with Crippen molar-refractivity contribution in [1.82, 2.24) is 10.2 Å². The standard InChI is InChI=1S/C21H27N3O2S/c1-15(2)19(23-21(26)22-17-8-6-5-7-9-17)20(25)24(3)14-16-10-12-18(27-4)13-11-16/h5-13,15,19H,14H2,1-4H3,(H2,22,23,26). The van der Waals surface area contributed by atoms with E-state index in [0.717, 1.165) is 5.56 Å². The summed E-state index contributed by atoms with van der Waals surface area (Å²) in [6, 6.07) is 16.3. The highest BCUT2D eigenvalue weighted by atomic mass is 32.2. The zero-order valence-electron chi connectivity index (χ0n) is 16.2. The van der Waals surface area contributed by atoms with Crippen molar-refractivity contribution in [3.05, 3.63) is 60.2 Å². The molecule has 2 aromatic carbocycles. The van der Waals surface area contributed by atoms with E-state index in [1.165, 1.54) is 4.90 Å². The largest absolute Gasteiger partial charge is 0.340 e. The normalized spacial score (nSPS) is 11.7.